The number of alkyl halides is 6. The van der Waals surface area contributed by atoms with E-state index in [4.69, 9.17) is 0 Å². The lowest BCUT2D eigenvalue weighted by molar-refractivity contribution is -0.154. The molecule has 0 aliphatic carbocycles. The second-order valence-corrected chi connectivity index (χ2v) is 6.32. The molecular weight excluding hydrogens is 430 g/mol. The molecule has 0 bridgehead atoms. The molecule has 1 amide bonds. The SMILES string of the molecule is O=C(NC[C@H]1CCCCN1)c1cc(OCC(F)(F)F)ccc1OCC(F)(F)F.[Cl]. The van der Waals surface area contributed by atoms with E-state index in [1.807, 2.05) is 0 Å². The van der Waals surface area contributed by atoms with Gasteiger partial charge in [0.15, 0.2) is 13.2 Å². The molecular formula is C17H20ClF6N2O3. The Kier molecular flexibility index (Phi) is 9.34. The molecule has 1 aromatic carbocycles. The number of hydrogen-bond acceptors (Lipinski definition) is 4. The van der Waals surface area contributed by atoms with Crippen molar-refractivity contribution in [3.8, 4) is 11.5 Å². The van der Waals surface area contributed by atoms with Gasteiger partial charge in [-0.05, 0) is 37.6 Å². The standard InChI is InChI=1S/C17H20F6N2O3.Cl/c18-16(19,20)9-27-12-4-5-14(28-10-17(21,22)23)13(7-12)15(26)25-8-11-3-1-2-6-24-11;/h4-5,7,11,24H,1-3,6,8-10H2,(H,25,26);/t11-;/m1./s1. The van der Waals surface area contributed by atoms with Crippen molar-refractivity contribution >= 4 is 18.3 Å². The summed E-state index contributed by atoms with van der Waals surface area (Å²) in [5.74, 6) is -1.47. The van der Waals surface area contributed by atoms with Crippen LogP contribution in [-0.2, 0) is 0 Å². The van der Waals surface area contributed by atoms with E-state index in [1.165, 1.54) is 0 Å². The van der Waals surface area contributed by atoms with Crippen molar-refractivity contribution < 1.29 is 40.6 Å². The average Bonchev–Trinajstić information content (AvgIpc) is 2.62. The van der Waals surface area contributed by atoms with Gasteiger partial charge in [0, 0.05) is 25.0 Å². The number of benzene rings is 1. The minimum Gasteiger partial charge on any atom is -0.484 e. The van der Waals surface area contributed by atoms with Crippen LogP contribution < -0.4 is 20.1 Å². The van der Waals surface area contributed by atoms with Crippen molar-refractivity contribution in [2.24, 2.45) is 0 Å². The summed E-state index contributed by atoms with van der Waals surface area (Å²) in [7, 11) is 0. The minimum atomic E-state index is -4.63. The van der Waals surface area contributed by atoms with Crippen LogP contribution in [-0.4, -0.2) is 50.6 Å². The maximum absolute atomic E-state index is 12.4. The van der Waals surface area contributed by atoms with Gasteiger partial charge in [-0.2, -0.15) is 26.3 Å². The largest absolute Gasteiger partial charge is 0.484 e. The lowest BCUT2D eigenvalue weighted by Crippen LogP contribution is -2.43. The van der Waals surface area contributed by atoms with Gasteiger partial charge < -0.3 is 20.1 Å². The van der Waals surface area contributed by atoms with Crippen LogP contribution in [0.4, 0.5) is 26.3 Å². The average molecular weight is 450 g/mol. The first-order valence-corrected chi connectivity index (χ1v) is 8.58. The second kappa shape index (κ2) is 10.8. The summed E-state index contributed by atoms with van der Waals surface area (Å²) in [5.41, 5.74) is -0.334. The summed E-state index contributed by atoms with van der Waals surface area (Å²) in [6.07, 6.45) is -6.41. The van der Waals surface area contributed by atoms with E-state index in [0.29, 0.717) is 0 Å². The van der Waals surface area contributed by atoms with Crippen LogP contribution in [0.3, 0.4) is 0 Å². The Labute approximate surface area is 169 Å². The summed E-state index contributed by atoms with van der Waals surface area (Å²) < 4.78 is 83.3. The predicted molar refractivity (Wildman–Crippen MR) is 93.4 cm³/mol. The molecule has 2 rings (SSSR count). The van der Waals surface area contributed by atoms with E-state index in [9.17, 15) is 31.1 Å². The van der Waals surface area contributed by atoms with Gasteiger partial charge >= 0.3 is 12.4 Å². The first-order valence-electron chi connectivity index (χ1n) is 8.58. The zero-order valence-corrected chi connectivity index (χ0v) is 15.9. The predicted octanol–water partition coefficient (Wildman–Crippen LogP) is 4.13. The molecule has 1 aliphatic heterocycles. The fourth-order valence-electron chi connectivity index (χ4n) is 2.64. The Bertz CT molecular complexity index is 664. The molecule has 12 heteroatoms. The van der Waals surface area contributed by atoms with Crippen LogP contribution in [0, 0.1) is 0 Å². The molecule has 1 aromatic rings. The molecule has 1 heterocycles. The maximum Gasteiger partial charge on any atom is 0.422 e. The maximum atomic E-state index is 12.4. The second-order valence-electron chi connectivity index (χ2n) is 6.32. The normalized spacial score (nSPS) is 17.2. The van der Waals surface area contributed by atoms with Gasteiger partial charge in [0.2, 0.25) is 0 Å². The van der Waals surface area contributed by atoms with Gasteiger partial charge in [0.1, 0.15) is 11.5 Å². The zero-order valence-electron chi connectivity index (χ0n) is 15.1. The van der Waals surface area contributed by atoms with Crippen molar-refractivity contribution in [3.63, 3.8) is 0 Å². The molecule has 29 heavy (non-hydrogen) atoms. The van der Waals surface area contributed by atoms with Crippen LogP contribution in [0.5, 0.6) is 11.5 Å². The summed E-state index contributed by atoms with van der Waals surface area (Å²) in [4.78, 5) is 12.4. The van der Waals surface area contributed by atoms with E-state index < -0.39 is 37.2 Å². The molecule has 1 fully saturated rings. The highest BCUT2D eigenvalue weighted by Crippen LogP contribution is 2.28. The molecule has 0 unspecified atom stereocenters. The molecule has 0 spiro atoms. The molecule has 0 aromatic heterocycles. The zero-order chi connectivity index (χ0) is 20.8. The van der Waals surface area contributed by atoms with Crippen LogP contribution in [0.1, 0.15) is 29.6 Å². The van der Waals surface area contributed by atoms with Gasteiger partial charge in [0.05, 0.1) is 5.56 Å². The van der Waals surface area contributed by atoms with Crippen LogP contribution in [0.25, 0.3) is 0 Å². The highest BCUT2D eigenvalue weighted by atomic mass is 35.5. The Morgan fingerprint density at radius 1 is 1.07 bits per heavy atom. The number of nitrogens with one attached hydrogen (secondary N) is 2. The number of rotatable bonds is 7. The molecule has 5 nitrogen and oxygen atoms in total. The number of amides is 1. The van der Waals surface area contributed by atoms with Crippen molar-refractivity contribution in [2.45, 2.75) is 37.7 Å². The van der Waals surface area contributed by atoms with E-state index in [2.05, 4.69) is 20.1 Å². The highest BCUT2D eigenvalue weighted by Gasteiger charge is 2.30. The van der Waals surface area contributed by atoms with E-state index in [1.54, 1.807) is 0 Å². The first-order chi connectivity index (χ1) is 13.0. The van der Waals surface area contributed by atoms with Crippen molar-refractivity contribution in [2.75, 3.05) is 26.3 Å². The molecule has 0 saturated carbocycles. The summed E-state index contributed by atoms with van der Waals surface area (Å²) >= 11 is 0. The number of halogens is 7. The van der Waals surface area contributed by atoms with Gasteiger partial charge in [0.25, 0.3) is 5.91 Å². The van der Waals surface area contributed by atoms with Gasteiger partial charge in [-0.15, -0.1) is 0 Å². The molecule has 165 valence electrons. The topological polar surface area (TPSA) is 59.6 Å². The van der Waals surface area contributed by atoms with E-state index in [0.717, 1.165) is 44.0 Å². The summed E-state index contributed by atoms with van der Waals surface area (Å²) in [6, 6.07) is 2.94. The fourth-order valence-corrected chi connectivity index (χ4v) is 2.64. The molecule has 1 atom stereocenters. The smallest absolute Gasteiger partial charge is 0.422 e. The third-order valence-corrected chi connectivity index (χ3v) is 3.91. The Morgan fingerprint density at radius 2 is 1.72 bits per heavy atom. The van der Waals surface area contributed by atoms with Crippen LogP contribution in [0.15, 0.2) is 18.2 Å². The Balaban J connectivity index is 0.00000420. The first kappa shape index (κ1) is 25.2. The van der Waals surface area contributed by atoms with Gasteiger partial charge in [-0.3, -0.25) is 4.79 Å². The molecule has 2 N–H and O–H groups in total. The number of ether oxygens (including phenoxy) is 2. The third-order valence-electron chi connectivity index (χ3n) is 3.91. The van der Waals surface area contributed by atoms with Gasteiger partial charge in [-0.25, -0.2) is 0 Å². The highest BCUT2D eigenvalue weighted by molar-refractivity contribution is 5.97. The monoisotopic (exact) mass is 449 g/mol. The summed E-state index contributed by atoms with van der Waals surface area (Å²) in [6.45, 7) is -2.21. The van der Waals surface area contributed by atoms with Crippen molar-refractivity contribution in [3.05, 3.63) is 23.8 Å². The quantitative estimate of drug-likeness (QED) is 0.615. The number of carbonyl (C=O) groups excluding carboxylic acids is 1. The van der Waals surface area contributed by atoms with Gasteiger partial charge in [-0.1, -0.05) is 6.42 Å². The molecule has 1 aliphatic rings. The fraction of sp³-hybridized carbons (Fsp3) is 0.588. The molecule has 1 radical (unpaired) electrons. The van der Waals surface area contributed by atoms with Crippen LogP contribution >= 0.6 is 12.4 Å². The number of carbonyl (C=O) groups is 1. The van der Waals surface area contributed by atoms with Crippen LogP contribution in [0.2, 0.25) is 0 Å². The number of hydrogen-bond donors (Lipinski definition) is 2. The Hall–Kier alpha value is -1.88. The van der Waals surface area contributed by atoms with Crippen molar-refractivity contribution in [1.29, 1.82) is 0 Å². The minimum absolute atomic E-state index is 0. The summed E-state index contributed by atoms with van der Waals surface area (Å²) in [5, 5.41) is 5.75. The van der Waals surface area contributed by atoms with E-state index in [-0.39, 0.29) is 36.3 Å². The lowest BCUT2D eigenvalue weighted by Gasteiger charge is -2.24. The lowest BCUT2D eigenvalue weighted by atomic mass is 10.0. The number of piperidine rings is 1. The third kappa shape index (κ3) is 9.44. The molecule has 1 saturated heterocycles. The Morgan fingerprint density at radius 3 is 2.31 bits per heavy atom. The van der Waals surface area contributed by atoms with E-state index >= 15 is 0 Å². The van der Waals surface area contributed by atoms with Crippen molar-refractivity contribution in [1.82, 2.24) is 10.6 Å².